The number of ether oxygens (including phenoxy) is 1. The second-order valence-electron chi connectivity index (χ2n) is 16.6. The van der Waals surface area contributed by atoms with Crippen LogP contribution in [0.5, 0.6) is 0 Å². The van der Waals surface area contributed by atoms with Crippen LogP contribution in [0, 0.1) is 61.6 Å². The van der Waals surface area contributed by atoms with Crippen LogP contribution in [-0.2, 0) is 14.3 Å². The van der Waals surface area contributed by atoms with Crippen molar-refractivity contribution in [2.24, 2.45) is 55.2 Å². The molecule has 0 bridgehead atoms. The predicted molar refractivity (Wildman–Crippen MR) is 166 cm³/mol. The van der Waals surface area contributed by atoms with E-state index in [0.717, 1.165) is 63.4 Å². The normalized spacial score (nSPS) is 45.8. The highest BCUT2D eigenvalue weighted by molar-refractivity contribution is 6.04. The lowest BCUT2D eigenvalue weighted by Gasteiger charge is -2.69. The fraction of sp³-hybridized carbons (Fsp3) is 0.730. The summed E-state index contributed by atoms with van der Waals surface area (Å²) in [5.41, 5.74) is -0.347. The molecule has 43 heavy (non-hydrogen) atoms. The van der Waals surface area contributed by atoms with Gasteiger partial charge in [0.25, 0.3) is 0 Å². The second-order valence-corrected chi connectivity index (χ2v) is 16.6. The van der Waals surface area contributed by atoms with E-state index in [1.807, 2.05) is 32.1 Å². The van der Waals surface area contributed by atoms with Crippen molar-refractivity contribution in [3.05, 3.63) is 35.1 Å². The van der Waals surface area contributed by atoms with Gasteiger partial charge in [-0.25, -0.2) is 9.38 Å². The van der Waals surface area contributed by atoms with Crippen LogP contribution in [0.4, 0.5) is 4.39 Å². The molecular weight excluding hydrogens is 539 g/mol. The number of nitriles is 1. The Labute approximate surface area is 257 Å². The topological polar surface area (TPSA) is 79.5 Å². The van der Waals surface area contributed by atoms with Gasteiger partial charge in [0.05, 0.1) is 23.3 Å². The molecule has 0 amide bonds. The molecule has 0 spiro atoms. The number of fused-ring (bicyclic) bond motifs is 7. The predicted octanol–water partition coefficient (Wildman–Crippen LogP) is 8.27. The van der Waals surface area contributed by atoms with E-state index in [9.17, 15) is 19.2 Å². The highest BCUT2D eigenvalue weighted by Gasteiger charge is 2.70. The minimum absolute atomic E-state index is 0.0248. The van der Waals surface area contributed by atoms with Gasteiger partial charge in [-0.15, -0.1) is 0 Å². The smallest absolute Gasteiger partial charge is 0.194 e. The summed E-state index contributed by atoms with van der Waals surface area (Å²) in [6, 6.07) is 2.20. The van der Waals surface area contributed by atoms with E-state index in [1.54, 1.807) is 0 Å². The minimum atomic E-state index is -0.679. The maximum atomic E-state index is 14.8. The maximum Gasteiger partial charge on any atom is 0.194 e. The summed E-state index contributed by atoms with van der Waals surface area (Å²) in [6.07, 6.45) is 13.6. The van der Waals surface area contributed by atoms with E-state index in [0.29, 0.717) is 18.2 Å². The van der Waals surface area contributed by atoms with Crippen molar-refractivity contribution in [1.29, 1.82) is 5.26 Å². The van der Waals surface area contributed by atoms with Crippen molar-refractivity contribution >= 4 is 17.5 Å². The SMILES string of the molecule is CC1(C)CC[C@]2(/C3=N/C(CF)=C/CCCO3)CC[C@]3(C)[C@H](C(=O)C=C4[C@@]5(C)C=C(C#N)C(=O)C(C)(C)C5CC[C@]43C)C2C1. The molecule has 7 atom stereocenters. The van der Waals surface area contributed by atoms with Crippen LogP contribution in [0.15, 0.2) is 40.1 Å². The number of allylic oxidation sites excluding steroid dienone is 6. The van der Waals surface area contributed by atoms with Gasteiger partial charge in [0.1, 0.15) is 12.7 Å². The fourth-order valence-corrected chi connectivity index (χ4v) is 11.1. The van der Waals surface area contributed by atoms with E-state index in [2.05, 4.69) is 40.7 Å². The Balaban J connectivity index is 1.52. The van der Waals surface area contributed by atoms with Crippen molar-refractivity contribution in [1.82, 2.24) is 0 Å². The molecule has 0 N–H and O–H groups in total. The molecule has 0 aromatic heterocycles. The van der Waals surface area contributed by atoms with Gasteiger partial charge >= 0.3 is 0 Å². The number of hydrogen-bond donors (Lipinski definition) is 0. The molecule has 2 unspecified atom stereocenters. The van der Waals surface area contributed by atoms with Crippen LogP contribution < -0.4 is 0 Å². The number of Topliss-reactive ketones (excluding diaryl/α,β-unsaturated/α-hetero) is 1. The first-order valence-corrected chi connectivity index (χ1v) is 16.5. The third-order valence-corrected chi connectivity index (χ3v) is 13.6. The lowest BCUT2D eigenvalue weighted by Crippen LogP contribution is -2.66. The highest BCUT2D eigenvalue weighted by atomic mass is 19.1. The summed E-state index contributed by atoms with van der Waals surface area (Å²) in [5.74, 6) is 0.602. The second kappa shape index (κ2) is 9.72. The van der Waals surface area contributed by atoms with E-state index >= 15 is 0 Å². The van der Waals surface area contributed by atoms with Gasteiger partial charge in [0.2, 0.25) is 0 Å². The fourth-order valence-electron chi connectivity index (χ4n) is 11.1. The van der Waals surface area contributed by atoms with Crippen molar-refractivity contribution in [3.63, 3.8) is 0 Å². The van der Waals surface area contributed by atoms with Crippen LogP contribution in [0.25, 0.3) is 0 Å². The molecule has 0 saturated heterocycles. The molecule has 6 rings (SSSR count). The Bertz CT molecular complexity index is 1430. The first kappa shape index (κ1) is 30.5. The molecule has 232 valence electrons. The summed E-state index contributed by atoms with van der Waals surface area (Å²) in [7, 11) is 0. The number of ketones is 2. The Hall–Kier alpha value is -2.55. The highest BCUT2D eigenvalue weighted by Crippen LogP contribution is 2.74. The molecule has 6 heteroatoms. The Kier molecular flexibility index (Phi) is 6.89. The number of alkyl halides is 1. The number of aliphatic imine (C=N–C) groups is 1. The van der Waals surface area contributed by atoms with Gasteiger partial charge in [0, 0.05) is 16.7 Å². The van der Waals surface area contributed by atoms with Crippen molar-refractivity contribution in [2.45, 2.75) is 106 Å². The van der Waals surface area contributed by atoms with Gasteiger partial charge in [-0.05, 0) is 91.9 Å². The quantitative estimate of drug-likeness (QED) is 0.325. The number of nitrogens with zero attached hydrogens (tertiary/aromatic N) is 2. The van der Waals surface area contributed by atoms with E-state index < -0.39 is 22.9 Å². The van der Waals surface area contributed by atoms with Gasteiger partial charge < -0.3 is 4.74 Å². The molecule has 1 aliphatic heterocycles. The van der Waals surface area contributed by atoms with Crippen LogP contribution in [-0.4, -0.2) is 30.7 Å². The molecule has 0 radical (unpaired) electrons. The van der Waals surface area contributed by atoms with Crippen molar-refractivity contribution in [2.75, 3.05) is 13.3 Å². The van der Waals surface area contributed by atoms with Crippen molar-refractivity contribution in [3.8, 4) is 6.07 Å². The summed E-state index contributed by atoms with van der Waals surface area (Å²) in [5, 5.41) is 9.98. The Morgan fingerprint density at radius 2 is 1.77 bits per heavy atom. The third-order valence-electron chi connectivity index (χ3n) is 13.6. The number of carbonyl (C=O) groups is 2. The number of hydrogen-bond acceptors (Lipinski definition) is 5. The molecule has 0 aromatic carbocycles. The maximum absolute atomic E-state index is 14.8. The standard InChI is InChI=1S/C37H49FN2O3/c1-32(2)13-15-37(31-40-24(21-38)10-8-9-17-43-31)16-14-36(7)29(25(37)20-32)26(41)18-28-34(5)19-23(22-39)30(42)33(3,4)27(34)11-12-35(28,36)6/h10,18-19,25,27,29H,8-9,11-17,20-21H2,1-7H3/b24-10+,40-31-/t25?,27?,29-,34-,35+,36+,37-/m0/s1. The zero-order valence-corrected chi connectivity index (χ0v) is 27.2. The van der Waals surface area contributed by atoms with E-state index in [1.165, 1.54) is 0 Å². The van der Waals surface area contributed by atoms with E-state index in [-0.39, 0.29) is 51.1 Å². The Morgan fingerprint density at radius 1 is 1.05 bits per heavy atom. The van der Waals surface area contributed by atoms with E-state index in [4.69, 9.17) is 9.73 Å². The van der Waals surface area contributed by atoms with Crippen LogP contribution in [0.3, 0.4) is 0 Å². The third kappa shape index (κ3) is 4.08. The monoisotopic (exact) mass is 588 g/mol. The number of halogens is 1. The number of carbonyl (C=O) groups excluding carboxylic acids is 2. The van der Waals surface area contributed by atoms with Gasteiger partial charge in [-0.2, -0.15) is 5.26 Å². The molecule has 5 nitrogen and oxygen atoms in total. The molecule has 6 aliphatic rings. The lowest BCUT2D eigenvalue weighted by molar-refractivity contribution is -0.163. The zero-order chi connectivity index (χ0) is 31.2. The summed E-state index contributed by atoms with van der Waals surface area (Å²) >= 11 is 0. The van der Waals surface area contributed by atoms with Gasteiger partial charge in [-0.1, -0.05) is 66.2 Å². The van der Waals surface area contributed by atoms with Crippen LogP contribution in [0.1, 0.15) is 106 Å². The summed E-state index contributed by atoms with van der Waals surface area (Å²) < 4.78 is 20.5. The molecule has 0 aromatic rings. The van der Waals surface area contributed by atoms with Crippen molar-refractivity contribution < 1.29 is 18.7 Å². The molecular formula is C37H49FN2O3. The molecule has 5 aliphatic carbocycles. The van der Waals surface area contributed by atoms with Gasteiger partial charge in [0.15, 0.2) is 17.5 Å². The molecule has 3 fully saturated rings. The van der Waals surface area contributed by atoms with Crippen LogP contribution >= 0.6 is 0 Å². The molecule has 1 heterocycles. The van der Waals surface area contributed by atoms with Gasteiger partial charge in [-0.3, -0.25) is 9.59 Å². The first-order valence-electron chi connectivity index (χ1n) is 16.5. The van der Waals surface area contributed by atoms with Crippen LogP contribution in [0.2, 0.25) is 0 Å². The average Bonchev–Trinajstić information content (AvgIpc) is 2.92. The number of rotatable bonds is 2. The first-order chi connectivity index (χ1) is 20.1. The summed E-state index contributed by atoms with van der Waals surface area (Å²) in [6.45, 7) is 15.4. The Morgan fingerprint density at radius 3 is 2.47 bits per heavy atom. The lowest BCUT2D eigenvalue weighted by atomic mass is 9.34. The largest absolute Gasteiger partial charge is 0.480 e. The average molecular weight is 589 g/mol. The summed E-state index contributed by atoms with van der Waals surface area (Å²) in [4.78, 5) is 33.0. The molecule has 3 saturated carbocycles. The zero-order valence-electron chi connectivity index (χ0n) is 27.2. The minimum Gasteiger partial charge on any atom is -0.480 e.